The average molecular weight is 445 g/mol. The Balaban J connectivity index is 1.43. The van der Waals surface area contributed by atoms with Crippen molar-refractivity contribution in [2.45, 2.75) is 19.3 Å². The van der Waals surface area contributed by atoms with Gasteiger partial charge >= 0.3 is 0 Å². The number of hydrogen-bond acceptors (Lipinski definition) is 5. The number of aliphatic hydroxyl groups is 1. The van der Waals surface area contributed by atoms with E-state index in [1.807, 2.05) is 18.2 Å². The van der Waals surface area contributed by atoms with Gasteiger partial charge in [-0.3, -0.25) is 9.36 Å². The molecule has 2 aromatic carbocycles. The van der Waals surface area contributed by atoms with Gasteiger partial charge in [-0.15, -0.1) is 11.3 Å². The minimum atomic E-state index is -0.856. The normalized spacial score (nSPS) is 12.4. The summed E-state index contributed by atoms with van der Waals surface area (Å²) in [6.45, 7) is 0.497. The third kappa shape index (κ3) is 4.76. The zero-order valence-electron chi connectivity index (χ0n) is 15.8. The molecule has 5 nitrogen and oxygen atoms in total. The summed E-state index contributed by atoms with van der Waals surface area (Å²) in [6.07, 6.45) is 0.569. The Morgan fingerprint density at radius 2 is 1.90 bits per heavy atom. The van der Waals surface area contributed by atoms with Gasteiger partial charge < -0.3 is 9.84 Å². The zero-order valence-corrected chi connectivity index (χ0v) is 17.4. The predicted molar refractivity (Wildman–Crippen MR) is 116 cm³/mol. The molecular formula is C22H18ClFN2O3S. The maximum atomic E-state index is 13.1. The van der Waals surface area contributed by atoms with Gasteiger partial charge in [0.15, 0.2) is 0 Å². The Labute approximate surface area is 181 Å². The highest BCUT2D eigenvalue weighted by atomic mass is 35.5. The number of ether oxygens (including phenoxy) is 1. The van der Waals surface area contributed by atoms with Crippen molar-refractivity contribution in [3.05, 3.63) is 87.7 Å². The summed E-state index contributed by atoms with van der Waals surface area (Å²) in [5.41, 5.74) is 2.11. The van der Waals surface area contributed by atoms with Crippen molar-refractivity contribution in [1.29, 1.82) is 0 Å². The number of rotatable bonds is 7. The number of fused-ring (bicyclic) bond motifs is 1. The van der Waals surface area contributed by atoms with Gasteiger partial charge in [0.1, 0.15) is 10.5 Å². The Kier molecular flexibility index (Phi) is 6.24. The largest absolute Gasteiger partial charge is 0.389 e. The molecule has 8 heteroatoms. The van der Waals surface area contributed by atoms with Crippen molar-refractivity contribution in [2.24, 2.45) is 0 Å². The molecule has 0 saturated carbocycles. The molecule has 0 aliphatic rings. The summed E-state index contributed by atoms with van der Waals surface area (Å²) in [7, 11) is 0. The molecule has 0 saturated heterocycles. The standard InChI is InChI=1S/C22H18ClFN2O3S/c23-16-5-1-14(2-6-16)11-29-12-18(27)10-26-13-25-19-9-20(30-21(19)22(26)28)15-3-7-17(24)8-4-15/h1-9,13,18,27H,10-12H2/t18-/m0/s1. The molecule has 1 atom stereocenters. The van der Waals surface area contributed by atoms with Crippen molar-refractivity contribution < 1.29 is 14.2 Å². The summed E-state index contributed by atoms with van der Waals surface area (Å²) >= 11 is 7.15. The van der Waals surface area contributed by atoms with E-state index in [1.54, 1.807) is 24.3 Å². The minimum Gasteiger partial charge on any atom is -0.389 e. The first-order valence-corrected chi connectivity index (χ1v) is 10.4. The molecular weight excluding hydrogens is 427 g/mol. The van der Waals surface area contributed by atoms with Gasteiger partial charge in [0.2, 0.25) is 0 Å². The highest BCUT2D eigenvalue weighted by Gasteiger charge is 2.13. The number of benzene rings is 2. The summed E-state index contributed by atoms with van der Waals surface area (Å²) in [6, 6.07) is 15.2. The maximum absolute atomic E-state index is 13.1. The van der Waals surface area contributed by atoms with E-state index in [0.717, 1.165) is 16.0 Å². The second kappa shape index (κ2) is 9.06. The number of aliphatic hydroxyl groups excluding tert-OH is 1. The summed E-state index contributed by atoms with van der Waals surface area (Å²) in [4.78, 5) is 18.0. The predicted octanol–water partition coefficient (Wildman–Crippen LogP) is 4.50. The Hall–Kier alpha value is -2.58. The lowest BCUT2D eigenvalue weighted by atomic mass is 10.2. The van der Waals surface area contributed by atoms with E-state index >= 15 is 0 Å². The van der Waals surface area contributed by atoms with Gasteiger partial charge in [0, 0.05) is 9.90 Å². The fourth-order valence-electron chi connectivity index (χ4n) is 3.00. The third-order valence-corrected chi connectivity index (χ3v) is 5.95. The van der Waals surface area contributed by atoms with E-state index in [4.69, 9.17) is 16.3 Å². The van der Waals surface area contributed by atoms with E-state index in [-0.39, 0.29) is 24.5 Å². The number of aromatic nitrogens is 2. The number of halogens is 2. The third-order valence-electron chi connectivity index (χ3n) is 4.53. The van der Waals surface area contributed by atoms with Crippen molar-refractivity contribution in [2.75, 3.05) is 6.61 Å². The molecule has 4 aromatic rings. The van der Waals surface area contributed by atoms with Crippen LogP contribution in [0.15, 0.2) is 65.7 Å². The average Bonchev–Trinajstić information content (AvgIpc) is 3.17. The SMILES string of the molecule is O=c1c2sc(-c3ccc(F)cc3)cc2ncn1C[C@H](O)COCc1ccc(Cl)cc1. The van der Waals surface area contributed by atoms with Gasteiger partial charge in [0.05, 0.1) is 37.7 Å². The highest BCUT2D eigenvalue weighted by molar-refractivity contribution is 7.22. The lowest BCUT2D eigenvalue weighted by molar-refractivity contribution is 0.0198. The van der Waals surface area contributed by atoms with Crippen LogP contribution in [-0.4, -0.2) is 27.4 Å². The van der Waals surface area contributed by atoms with Gasteiger partial charge in [0.25, 0.3) is 5.56 Å². The first kappa shape index (κ1) is 20.7. The molecule has 2 heterocycles. The summed E-state index contributed by atoms with van der Waals surface area (Å²) in [5.74, 6) is -0.312. The van der Waals surface area contributed by atoms with Gasteiger partial charge in [-0.2, -0.15) is 0 Å². The van der Waals surface area contributed by atoms with Crippen molar-refractivity contribution in [3.63, 3.8) is 0 Å². The Morgan fingerprint density at radius 3 is 2.63 bits per heavy atom. The smallest absolute Gasteiger partial charge is 0.271 e. The number of hydrogen-bond donors (Lipinski definition) is 1. The molecule has 0 amide bonds. The fraction of sp³-hybridized carbons (Fsp3) is 0.182. The van der Waals surface area contributed by atoms with Crippen LogP contribution in [-0.2, 0) is 17.9 Å². The van der Waals surface area contributed by atoms with E-state index in [0.29, 0.717) is 21.8 Å². The molecule has 154 valence electrons. The monoisotopic (exact) mass is 444 g/mol. The van der Waals surface area contributed by atoms with Crippen LogP contribution >= 0.6 is 22.9 Å². The lowest BCUT2D eigenvalue weighted by Gasteiger charge is -2.13. The summed E-state index contributed by atoms with van der Waals surface area (Å²) < 4.78 is 20.6. The lowest BCUT2D eigenvalue weighted by Crippen LogP contribution is -2.29. The van der Waals surface area contributed by atoms with Crippen LogP contribution in [0, 0.1) is 5.82 Å². The van der Waals surface area contributed by atoms with Crippen molar-refractivity contribution in [1.82, 2.24) is 9.55 Å². The molecule has 4 rings (SSSR count). The second-order valence-electron chi connectivity index (χ2n) is 6.83. The van der Waals surface area contributed by atoms with Crippen LogP contribution in [0.3, 0.4) is 0 Å². The molecule has 0 fully saturated rings. The molecule has 0 bridgehead atoms. The fourth-order valence-corrected chi connectivity index (χ4v) is 4.20. The zero-order chi connectivity index (χ0) is 21.1. The van der Waals surface area contributed by atoms with Gasteiger partial charge in [-0.05, 0) is 41.5 Å². The molecule has 0 aliphatic carbocycles. The highest BCUT2D eigenvalue weighted by Crippen LogP contribution is 2.30. The Morgan fingerprint density at radius 1 is 1.17 bits per heavy atom. The van der Waals surface area contributed by atoms with Crippen LogP contribution < -0.4 is 5.56 Å². The van der Waals surface area contributed by atoms with Crippen LogP contribution in [0.5, 0.6) is 0 Å². The van der Waals surface area contributed by atoms with Gasteiger partial charge in [-0.1, -0.05) is 35.9 Å². The van der Waals surface area contributed by atoms with E-state index in [1.165, 1.54) is 34.4 Å². The number of nitrogens with zero attached hydrogens (tertiary/aromatic N) is 2. The molecule has 0 radical (unpaired) electrons. The minimum absolute atomic E-state index is 0.0756. The van der Waals surface area contributed by atoms with Crippen LogP contribution in [0.25, 0.3) is 20.7 Å². The van der Waals surface area contributed by atoms with Crippen LogP contribution in [0.1, 0.15) is 5.56 Å². The quantitative estimate of drug-likeness (QED) is 0.456. The van der Waals surface area contributed by atoms with Crippen molar-refractivity contribution >= 4 is 33.2 Å². The molecule has 0 unspecified atom stereocenters. The van der Waals surface area contributed by atoms with Crippen LogP contribution in [0.2, 0.25) is 5.02 Å². The van der Waals surface area contributed by atoms with Crippen molar-refractivity contribution in [3.8, 4) is 10.4 Å². The molecule has 0 spiro atoms. The molecule has 2 aromatic heterocycles. The first-order chi connectivity index (χ1) is 14.5. The molecule has 30 heavy (non-hydrogen) atoms. The second-order valence-corrected chi connectivity index (χ2v) is 8.32. The van der Waals surface area contributed by atoms with E-state index in [2.05, 4.69) is 4.98 Å². The van der Waals surface area contributed by atoms with Crippen LogP contribution in [0.4, 0.5) is 4.39 Å². The van der Waals surface area contributed by atoms with Gasteiger partial charge in [-0.25, -0.2) is 9.37 Å². The Bertz CT molecular complexity index is 1210. The van der Waals surface area contributed by atoms with E-state index < -0.39 is 6.10 Å². The maximum Gasteiger partial charge on any atom is 0.271 e. The topological polar surface area (TPSA) is 64.4 Å². The summed E-state index contributed by atoms with van der Waals surface area (Å²) in [5, 5.41) is 10.9. The number of thiophene rings is 1. The van der Waals surface area contributed by atoms with E-state index in [9.17, 15) is 14.3 Å². The molecule has 0 aliphatic heterocycles. The molecule has 1 N–H and O–H groups in total. The first-order valence-electron chi connectivity index (χ1n) is 9.25.